The summed E-state index contributed by atoms with van der Waals surface area (Å²) in [6.45, 7) is -0.517. The Hall–Kier alpha value is -0.470. The number of aliphatic hydroxyl groups excluding tert-OH is 1. The second-order valence-corrected chi connectivity index (χ2v) is 10.6. The standard InChI is InChI=1S/C10H19BrN3O12P3/c11-5-7(1-2-9(15)14-4-3-8(12)13-10(14)16)6-24-28(20,21)26-29(22,23)25-27(17,18)19/h3-4,7,9,15H,1-2,5-6H2,(H,20,21)(H,22,23)(H2,12,13,16)(H2,17,18,19)/t7-,9+/m0/s1. The molecule has 0 fully saturated rings. The van der Waals surface area contributed by atoms with Gasteiger partial charge in [-0.15, -0.1) is 0 Å². The van der Waals surface area contributed by atoms with Gasteiger partial charge in [0.1, 0.15) is 12.0 Å². The molecule has 15 nitrogen and oxygen atoms in total. The van der Waals surface area contributed by atoms with Crippen LogP contribution in [0.5, 0.6) is 0 Å². The van der Waals surface area contributed by atoms with E-state index in [1.54, 1.807) is 0 Å². The van der Waals surface area contributed by atoms with E-state index in [-0.39, 0.29) is 24.0 Å². The maximum atomic E-state index is 11.7. The summed E-state index contributed by atoms with van der Waals surface area (Å²) >= 11 is 3.11. The first-order valence-electron chi connectivity index (χ1n) is 7.51. The Morgan fingerprint density at radius 3 is 2.28 bits per heavy atom. The van der Waals surface area contributed by atoms with Gasteiger partial charge in [-0.1, -0.05) is 15.9 Å². The molecule has 0 bridgehead atoms. The molecule has 4 atom stereocenters. The van der Waals surface area contributed by atoms with Crippen molar-refractivity contribution < 1.29 is 51.5 Å². The highest BCUT2D eigenvalue weighted by molar-refractivity contribution is 9.09. The highest BCUT2D eigenvalue weighted by Gasteiger charge is 2.40. The van der Waals surface area contributed by atoms with Gasteiger partial charge in [0.15, 0.2) is 0 Å². The normalized spacial score (nSPS) is 18.6. The zero-order valence-corrected chi connectivity index (χ0v) is 18.7. The molecule has 1 aromatic rings. The first-order chi connectivity index (χ1) is 13.1. The molecule has 168 valence electrons. The SMILES string of the molecule is Nc1ccn([C@H](O)CC[C@@H](CBr)COP(=O)(O)OP(=O)(O)OP(=O)(O)O)c(=O)n1. The quantitative estimate of drug-likeness (QED) is 0.154. The largest absolute Gasteiger partial charge is 0.490 e. The maximum absolute atomic E-state index is 11.7. The van der Waals surface area contributed by atoms with Gasteiger partial charge in [0, 0.05) is 11.5 Å². The fraction of sp³-hybridized carbons (Fsp3) is 0.600. The molecule has 0 aliphatic carbocycles. The molecular weight excluding hydrogens is 527 g/mol. The zero-order chi connectivity index (χ0) is 22.5. The molecule has 0 aliphatic heterocycles. The van der Waals surface area contributed by atoms with Gasteiger partial charge in [-0.3, -0.25) is 9.09 Å². The van der Waals surface area contributed by atoms with Crippen LogP contribution in [0.4, 0.5) is 5.82 Å². The number of halogens is 1. The summed E-state index contributed by atoms with van der Waals surface area (Å²) in [5, 5.41) is 10.3. The molecule has 0 aliphatic rings. The minimum atomic E-state index is -5.59. The molecule has 0 radical (unpaired) electrons. The van der Waals surface area contributed by atoms with Gasteiger partial charge in [-0.25, -0.2) is 18.5 Å². The third-order valence-electron chi connectivity index (χ3n) is 3.11. The third-order valence-corrected chi connectivity index (χ3v) is 7.83. The number of rotatable bonds is 12. The second-order valence-electron chi connectivity index (χ2n) is 5.51. The predicted octanol–water partition coefficient (Wildman–Crippen LogP) is 0.451. The van der Waals surface area contributed by atoms with E-state index in [2.05, 4.69) is 34.1 Å². The van der Waals surface area contributed by atoms with Crippen LogP contribution in [0.25, 0.3) is 0 Å². The topological polar surface area (TPSA) is 241 Å². The summed E-state index contributed by atoms with van der Waals surface area (Å²) in [5.41, 5.74) is 4.57. The molecular formula is C10H19BrN3O12P3. The van der Waals surface area contributed by atoms with Crippen LogP contribution in [-0.2, 0) is 26.8 Å². The summed E-state index contributed by atoms with van der Waals surface area (Å²) < 4.78 is 46.1. The molecule has 0 saturated heterocycles. The molecule has 29 heavy (non-hydrogen) atoms. The molecule has 0 saturated carbocycles. The first kappa shape index (κ1) is 26.6. The van der Waals surface area contributed by atoms with E-state index in [0.717, 1.165) is 4.57 Å². The van der Waals surface area contributed by atoms with E-state index < -0.39 is 47.9 Å². The van der Waals surface area contributed by atoms with Crippen molar-refractivity contribution in [1.29, 1.82) is 0 Å². The van der Waals surface area contributed by atoms with Crippen molar-refractivity contribution in [2.24, 2.45) is 5.92 Å². The number of alkyl halides is 1. The number of aliphatic hydroxyl groups is 1. The summed E-state index contributed by atoms with van der Waals surface area (Å²) in [6, 6.07) is 1.31. The lowest BCUT2D eigenvalue weighted by atomic mass is 10.1. The molecule has 1 rings (SSSR count). The molecule has 1 heterocycles. The molecule has 0 aromatic carbocycles. The maximum Gasteiger partial charge on any atom is 0.490 e. The number of nitrogens with two attached hydrogens (primary N) is 1. The number of anilines is 1. The van der Waals surface area contributed by atoms with Crippen LogP contribution in [0.1, 0.15) is 19.1 Å². The van der Waals surface area contributed by atoms with Gasteiger partial charge in [0.2, 0.25) is 0 Å². The molecule has 7 N–H and O–H groups in total. The lowest BCUT2D eigenvalue weighted by molar-refractivity contribution is 0.0778. The van der Waals surface area contributed by atoms with E-state index in [1.807, 2.05) is 0 Å². The fourth-order valence-electron chi connectivity index (χ4n) is 1.88. The number of hydrogen-bond donors (Lipinski definition) is 6. The Kier molecular flexibility index (Phi) is 9.81. The predicted molar refractivity (Wildman–Crippen MR) is 100 cm³/mol. The summed E-state index contributed by atoms with van der Waals surface area (Å²) in [6.07, 6.45) is 0.120. The van der Waals surface area contributed by atoms with Gasteiger partial charge in [-0.2, -0.15) is 13.6 Å². The third kappa shape index (κ3) is 10.4. The van der Waals surface area contributed by atoms with Gasteiger partial charge >= 0.3 is 29.2 Å². The Balaban J connectivity index is 2.62. The lowest BCUT2D eigenvalue weighted by Gasteiger charge is -2.20. The zero-order valence-electron chi connectivity index (χ0n) is 14.4. The Morgan fingerprint density at radius 1 is 1.14 bits per heavy atom. The summed E-state index contributed by atoms with van der Waals surface area (Å²) in [5.74, 6) is -0.556. The Bertz CT molecular complexity index is 890. The molecule has 0 spiro atoms. The van der Waals surface area contributed by atoms with Crippen molar-refractivity contribution in [2.75, 3.05) is 17.7 Å². The average molecular weight is 546 g/mol. The van der Waals surface area contributed by atoms with Crippen LogP contribution in [0.15, 0.2) is 17.1 Å². The minimum Gasteiger partial charge on any atom is -0.383 e. The number of hydrogen-bond acceptors (Lipinski definition) is 10. The second kappa shape index (κ2) is 10.7. The molecule has 1 aromatic heterocycles. The van der Waals surface area contributed by atoms with Gasteiger partial charge in [0.05, 0.1) is 6.61 Å². The Labute approximate surface area is 172 Å². The summed E-state index contributed by atoms with van der Waals surface area (Å²) in [7, 11) is -16.3. The molecule has 19 heteroatoms. The van der Waals surface area contributed by atoms with Crippen molar-refractivity contribution in [3.05, 3.63) is 22.7 Å². The van der Waals surface area contributed by atoms with E-state index >= 15 is 0 Å². The van der Waals surface area contributed by atoms with E-state index in [9.17, 15) is 28.5 Å². The number of nitrogen functional groups attached to an aromatic ring is 1. The van der Waals surface area contributed by atoms with Gasteiger partial charge in [0.25, 0.3) is 0 Å². The van der Waals surface area contributed by atoms with Crippen LogP contribution in [-0.4, -0.2) is 46.2 Å². The lowest BCUT2D eigenvalue weighted by Crippen LogP contribution is -2.27. The van der Waals surface area contributed by atoms with Crippen LogP contribution in [0.3, 0.4) is 0 Å². The number of nitrogens with zero attached hydrogens (tertiary/aromatic N) is 2. The van der Waals surface area contributed by atoms with Crippen molar-refractivity contribution >= 4 is 45.2 Å². The van der Waals surface area contributed by atoms with Crippen LogP contribution in [0, 0.1) is 5.92 Å². The van der Waals surface area contributed by atoms with Gasteiger partial charge in [-0.05, 0) is 24.8 Å². The van der Waals surface area contributed by atoms with E-state index in [1.165, 1.54) is 12.3 Å². The van der Waals surface area contributed by atoms with Crippen molar-refractivity contribution in [2.45, 2.75) is 19.1 Å². The minimum absolute atomic E-state index is 0.00152. The number of aromatic nitrogens is 2. The fourth-order valence-corrected chi connectivity index (χ4v) is 5.49. The average Bonchev–Trinajstić information content (AvgIpc) is 2.51. The Morgan fingerprint density at radius 2 is 1.76 bits per heavy atom. The highest BCUT2D eigenvalue weighted by atomic mass is 79.9. The van der Waals surface area contributed by atoms with Crippen molar-refractivity contribution in [3.63, 3.8) is 0 Å². The molecule has 2 unspecified atom stereocenters. The van der Waals surface area contributed by atoms with Crippen LogP contribution < -0.4 is 11.4 Å². The van der Waals surface area contributed by atoms with Crippen LogP contribution in [0.2, 0.25) is 0 Å². The number of phosphoric ester groups is 1. The first-order valence-corrected chi connectivity index (χ1v) is 13.2. The van der Waals surface area contributed by atoms with E-state index in [0.29, 0.717) is 0 Å². The van der Waals surface area contributed by atoms with Crippen molar-refractivity contribution in [1.82, 2.24) is 9.55 Å². The van der Waals surface area contributed by atoms with Crippen molar-refractivity contribution in [3.8, 4) is 0 Å². The molecule has 0 amide bonds. The smallest absolute Gasteiger partial charge is 0.383 e. The van der Waals surface area contributed by atoms with E-state index in [4.69, 9.17) is 20.4 Å². The monoisotopic (exact) mass is 545 g/mol. The van der Waals surface area contributed by atoms with Gasteiger partial charge < -0.3 is 30.4 Å². The van der Waals surface area contributed by atoms with Crippen LogP contribution >= 0.6 is 39.4 Å². The number of phosphoric acid groups is 3. The summed E-state index contributed by atoms with van der Waals surface area (Å²) in [4.78, 5) is 50.5. The highest BCUT2D eigenvalue weighted by Crippen LogP contribution is 2.66.